The summed E-state index contributed by atoms with van der Waals surface area (Å²) in [5, 5.41) is 0. The van der Waals surface area contributed by atoms with Crippen molar-refractivity contribution in [1.29, 1.82) is 0 Å². The van der Waals surface area contributed by atoms with E-state index in [9.17, 15) is 4.79 Å². The van der Waals surface area contributed by atoms with Crippen LogP contribution in [0.5, 0.6) is 5.75 Å². The standard InChI is InChI=1S/C11H13BrO2/c1-3-4-10(13)8-5-6-11(14-2)9(12)7-8/h5-7H,3-4H2,1-2H3. The number of carbonyl (C=O) groups excluding carboxylic acids is 1. The smallest absolute Gasteiger partial charge is 0.162 e. The molecule has 0 aliphatic carbocycles. The van der Waals surface area contributed by atoms with Gasteiger partial charge in [-0.3, -0.25) is 4.79 Å². The molecule has 1 aromatic carbocycles. The highest BCUT2D eigenvalue weighted by Crippen LogP contribution is 2.26. The topological polar surface area (TPSA) is 26.3 Å². The van der Waals surface area contributed by atoms with Gasteiger partial charge in [0.25, 0.3) is 0 Å². The Bertz CT molecular complexity index is 334. The van der Waals surface area contributed by atoms with Gasteiger partial charge >= 0.3 is 0 Å². The molecule has 0 aliphatic rings. The van der Waals surface area contributed by atoms with E-state index in [-0.39, 0.29) is 5.78 Å². The summed E-state index contributed by atoms with van der Waals surface area (Å²) in [5.74, 6) is 0.925. The van der Waals surface area contributed by atoms with Crippen LogP contribution in [-0.4, -0.2) is 12.9 Å². The fraction of sp³-hybridized carbons (Fsp3) is 0.364. The zero-order valence-electron chi connectivity index (χ0n) is 8.34. The first-order chi connectivity index (χ1) is 6.69. The molecule has 2 nitrogen and oxygen atoms in total. The zero-order chi connectivity index (χ0) is 10.6. The largest absolute Gasteiger partial charge is 0.496 e. The number of ketones is 1. The first kappa shape index (κ1) is 11.2. The summed E-state index contributed by atoms with van der Waals surface area (Å²) in [5.41, 5.74) is 0.736. The lowest BCUT2D eigenvalue weighted by Gasteiger charge is -2.04. The van der Waals surface area contributed by atoms with Crippen LogP contribution in [0.15, 0.2) is 22.7 Å². The summed E-state index contributed by atoms with van der Waals surface area (Å²) < 4.78 is 5.90. The number of Topliss-reactive ketones (excluding diaryl/α,β-unsaturated/α-hetero) is 1. The van der Waals surface area contributed by atoms with Crippen LogP contribution >= 0.6 is 15.9 Å². The average Bonchev–Trinajstić information content (AvgIpc) is 2.18. The van der Waals surface area contributed by atoms with E-state index in [1.165, 1.54) is 0 Å². The lowest BCUT2D eigenvalue weighted by molar-refractivity contribution is 0.0981. The summed E-state index contributed by atoms with van der Waals surface area (Å²) in [6.07, 6.45) is 1.47. The highest BCUT2D eigenvalue weighted by Gasteiger charge is 2.07. The minimum atomic E-state index is 0.177. The summed E-state index contributed by atoms with van der Waals surface area (Å²) in [6, 6.07) is 5.39. The molecule has 0 saturated carbocycles. The van der Waals surface area contributed by atoms with Crippen LogP contribution in [0.1, 0.15) is 30.1 Å². The van der Waals surface area contributed by atoms with Crippen LogP contribution in [0.3, 0.4) is 0 Å². The van der Waals surface area contributed by atoms with E-state index in [0.717, 1.165) is 22.2 Å². The quantitative estimate of drug-likeness (QED) is 0.772. The summed E-state index contributed by atoms with van der Waals surface area (Å²) in [6.45, 7) is 2.00. The summed E-state index contributed by atoms with van der Waals surface area (Å²) in [7, 11) is 1.60. The maximum absolute atomic E-state index is 11.5. The minimum absolute atomic E-state index is 0.177. The number of halogens is 1. The molecule has 0 atom stereocenters. The third-order valence-electron chi connectivity index (χ3n) is 1.95. The molecule has 0 N–H and O–H groups in total. The van der Waals surface area contributed by atoms with Crippen LogP contribution < -0.4 is 4.74 Å². The Labute approximate surface area is 92.4 Å². The van der Waals surface area contributed by atoms with E-state index in [0.29, 0.717) is 6.42 Å². The van der Waals surface area contributed by atoms with Gasteiger partial charge in [-0.1, -0.05) is 6.92 Å². The van der Waals surface area contributed by atoms with Crippen molar-refractivity contribution in [3.63, 3.8) is 0 Å². The average molecular weight is 257 g/mol. The van der Waals surface area contributed by atoms with Gasteiger partial charge in [-0.15, -0.1) is 0 Å². The van der Waals surface area contributed by atoms with Crippen LogP contribution in [0.2, 0.25) is 0 Å². The van der Waals surface area contributed by atoms with Crippen molar-refractivity contribution in [2.24, 2.45) is 0 Å². The number of ether oxygens (including phenoxy) is 1. The monoisotopic (exact) mass is 256 g/mol. The van der Waals surface area contributed by atoms with Gasteiger partial charge < -0.3 is 4.74 Å². The molecule has 0 spiro atoms. The number of carbonyl (C=O) groups is 1. The fourth-order valence-electron chi connectivity index (χ4n) is 1.21. The number of hydrogen-bond donors (Lipinski definition) is 0. The van der Waals surface area contributed by atoms with Gasteiger partial charge in [-0.2, -0.15) is 0 Å². The van der Waals surface area contributed by atoms with Gasteiger partial charge in [0.05, 0.1) is 11.6 Å². The highest BCUT2D eigenvalue weighted by molar-refractivity contribution is 9.10. The van der Waals surface area contributed by atoms with Gasteiger partial charge in [0.15, 0.2) is 5.78 Å². The van der Waals surface area contributed by atoms with Gasteiger partial charge in [0.2, 0.25) is 0 Å². The van der Waals surface area contributed by atoms with E-state index < -0.39 is 0 Å². The lowest BCUT2D eigenvalue weighted by Crippen LogP contribution is -1.98. The Kier molecular flexibility index (Phi) is 4.14. The molecule has 0 radical (unpaired) electrons. The van der Waals surface area contributed by atoms with Crippen molar-refractivity contribution >= 4 is 21.7 Å². The molecule has 3 heteroatoms. The van der Waals surface area contributed by atoms with Crippen LogP contribution in [0, 0.1) is 0 Å². The Morgan fingerprint density at radius 2 is 2.21 bits per heavy atom. The highest BCUT2D eigenvalue weighted by atomic mass is 79.9. The molecule has 0 fully saturated rings. The second-order valence-corrected chi connectivity index (χ2v) is 3.88. The molecular weight excluding hydrogens is 244 g/mol. The molecule has 0 aliphatic heterocycles. The van der Waals surface area contributed by atoms with Crippen molar-refractivity contribution in [2.45, 2.75) is 19.8 Å². The Morgan fingerprint density at radius 1 is 1.50 bits per heavy atom. The molecule has 76 valence electrons. The first-order valence-electron chi connectivity index (χ1n) is 4.55. The van der Waals surface area contributed by atoms with E-state index in [1.54, 1.807) is 25.3 Å². The van der Waals surface area contributed by atoms with Gasteiger partial charge in [-0.05, 0) is 40.5 Å². The molecule has 14 heavy (non-hydrogen) atoms. The van der Waals surface area contributed by atoms with E-state index in [2.05, 4.69) is 15.9 Å². The van der Waals surface area contributed by atoms with Crippen molar-refractivity contribution in [3.05, 3.63) is 28.2 Å². The third kappa shape index (κ3) is 2.58. The molecule has 0 saturated heterocycles. The Hall–Kier alpha value is -0.830. The number of methoxy groups -OCH3 is 1. The van der Waals surface area contributed by atoms with Crippen molar-refractivity contribution in [1.82, 2.24) is 0 Å². The molecular formula is C11H13BrO2. The van der Waals surface area contributed by atoms with Crippen LogP contribution in [0.25, 0.3) is 0 Å². The molecule has 0 bridgehead atoms. The van der Waals surface area contributed by atoms with Crippen LogP contribution in [0.4, 0.5) is 0 Å². The normalized spacial score (nSPS) is 9.93. The van der Waals surface area contributed by atoms with Crippen molar-refractivity contribution < 1.29 is 9.53 Å². The van der Waals surface area contributed by atoms with Gasteiger partial charge in [0.1, 0.15) is 5.75 Å². The fourth-order valence-corrected chi connectivity index (χ4v) is 1.75. The number of hydrogen-bond acceptors (Lipinski definition) is 2. The summed E-state index contributed by atoms with van der Waals surface area (Å²) in [4.78, 5) is 11.5. The second kappa shape index (κ2) is 5.15. The maximum atomic E-state index is 11.5. The molecule has 1 aromatic rings. The second-order valence-electron chi connectivity index (χ2n) is 3.02. The number of rotatable bonds is 4. The number of benzene rings is 1. The van der Waals surface area contributed by atoms with E-state index >= 15 is 0 Å². The van der Waals surface area contributed by atoms with Crippen molar-refractivity contribution in [2.75, 3.05) is 7.11 Å². The van der Waals surface area contributed by atoms with Crippen molar-refractivity contribution in [3.8, 4) is 5.75 Å². The summed E-state index contributed by atoms with van der Waals surface area (Å²) >= 11 is 3.35. The predicted molar refractivity (Wildman–Crippen MR) is 59.9 cm³/mol. The van der Waals surface area contributed by atoms with Gasteiger partial charge in [0, 0.05) is 12.0 Å². The van der Waals surface area contributed by atoms with Crippen LogP contribution in [-0.2, 0) is 0 Å². The first-order valence-corrected chi connectivity index (χ1v) is 5.35. The Morgan fingerprint density at radius 3 is 2.71 bits per heavy atom. The molecule has 0 heterocycles. The zero-order valence-corrected chi connectivity index (χ0v) is 9.93. The van der Waals surface area contributed by atoms with E-state index in [4.69, 9.17) is 4.74 Å². The molecule has 1 rings (SSSR count). The van der Waals surface area contributed by atoms with E-state index in [1.807, 2.05) is 6.92 Å². The predicted octanol–water partition coefficient (Wildman–Crippen LogP) is 3.44. The molecule has 0 unspecified atom stereocenters. The molecule has 0 amide bonds. The van der Waals surface area contributed by atoms with Gasteiger partial charge in [-0.25, -0.2) is 0 Å². The molecule has 0 aromatic heterocycles. The lowest BCUT2D eigenvalue weighted by atomic mass is 10.1. The third-order valence-corrected chi connectivity index (χ3v) is 2.57. The Balaban J connectivity index is 2.91. The maximum Gasteiger partial charge on any atom is 0.162 e. The SMILES string of the molecule is CCCC(=O)c1ccc(OC)c(Br)c1. The minimum Gasteiger partial charge on any atom is -0.496 e.